The molecule has 0 radical (unpaired) electrons. The lowest BCUT2D eigenvalue weighted by molar-refractivity contribution is 0.0728. The van der Waals surface area contributed by atoms with Gasteiger partial charge in [0.15, 0.2) is 5.82 Å². The molecule has 0 saturated carbocycles. The minimum absolute atomic E-state index is 0.0647. The summed E-state index contributed by atoms with van der Waals surface area (Å²) in [5, 5.41) is 4.24. The van der Waals surface area contributed by atoms with Gasteiger partial charge >= 0.3 is 0 Å². The maximum atomic E-state index is 13.2. The van der Waals surface area contributed by atoms with E-state index in [9.17, 15) is 4.79 Å². The molecule has 2 atom stereocenters. The number of nitrogens with zero attached hydrogens (tertiary/aromatic N) is 5. The van der Waals surface area contributed by atoms with Crippen molar-refractivity contribution in [2.24, 2.45) is 0 Å². The summed E-state index contributed by atoms with van der Waals surface area (Å²) in [4.78, 5) is 22.3. The van der Waals surface area contributed by atoms with Gasteiger partial charge in [-0.2, -0.15) is 5.10 Å². The number of amides is 1. The Morgan fingerprint density at radius 1 is 1.16 bits per heavy atom. The van der Waals surface area contributed by atoms with Gasteiger partial charge in [-0.1, -0.05) is 0 Å². The molecule has 2 unspecified atom stereocenters. The van der Waals surface area contributed by atoms with Crippen LogP contribution in [0.25, 0.3) is 5.82 Å². The summed E-state index contributed by atoms with van der Waals surface area (Å²) < 4.78 is 1.66. The molecule has 4 rings (SSSR count). The lowest BCUT2D eigenvalue weighted by Crippen LogP contribution is -2.44. The predicted octanol–water partition coefficient (Wildman–Crippen LogP) is 2.35. The Morgan fingerprint density at radius 3 is 2.76 bits per heavy atom. The van der Waals surface area contributed by atoms with Crippen molar-refractivity contribution in [3.8, 4) is 5.82 Å². The Labute approximate surface area is 148 Å². The van der Waals surface area contributed by atoms with Crippen LogP contribution >= 0.6 is 0 Å². The summed E-state index contributed by atoms with van der Waals surface area (Å²) in [5.41, 5.74) is 0.625. The summed E-state index contributed by atoms with van der Waals surface area (Å²) in [6, 6.07) is 7.14. The summed E-state index contributed by atoms with van der Waals surface area (Å²) in [6.07, 6.45) is 8.73. The third-order valence-corrected chi connectivity index (χ3v) is 5.46. The van der Waals surface area contributed by atoms with Crippen LogP contribution in [-0.4, -0.2) is 61.7 Å². The van der Waals surface area contributed by atoms with Gasteiger partial charge in [-0.25, -0.2) is 9.67 Å². The second-order valence-corrected chi connectivity index (χ2v) is 7.29. The van der Waals surface area contributed by atoms with Crippen molar-refractivity contribution >= 4 is 5.91 Å². The molecule has 1 amide bonds. The summed E-state index contributed by atoms with van der Waals surface area (Å²) in [5.74, 6) is 0.669. The van der Waals surface area contributed by atoms with E-state index < -0.39 is 0 Å². The van der Waals surface area contributed by atoms with Gasteiger partial charge in [-0.15, -0.1) is 0 Å². The minimum Gasteiger partial charge on any atom is -0.337 e. The number of likely N-dealkylation sites (tertiary alicyclic amines) is 1. The number of rotatable bonds is 3. The molecule has 0 aromatic carbocycles. The van der Waals surface area contributed by atoms with E-state index in [0.717, 1.165) is 19.5 Å². The molecule has 2 fully saturated rings. The van der Waals surface area contributed by atoms with Crippen molar-refractivity contribution in [1.82, 2.24) is 24.6 Å². The fourth-order valence-corrected chi connectivity index (χ4v) is 4.45. The molecular weight excluding hydrogens is 314 g/mol. The monoisotopic (exact) mass is 339 g/mol. The van der Waals surface area contributed by atoms with Gasteiger partial charge in [0.05, 0.1) is 5.56 Å². The molecule has 2 aliphatic heterocycles. The van der Waals surface area contributed by atoms with Gasteiger partial charge in [0.1, 0.15) is 0 Å². The number of fused-ring (bicyclic) bond motifs is 2. The zero-order valence-corrected chi connectivity index (χ0v) is 14.9. The first kappa shape index (κ1) is 16.3. The number of pyridine rings is 1. The number of aromatic nitrogens is 3. The van der Waals surface area contributed by atoms with Gasteiger partial charge in [0.25, 0.3) is 5.91 Å². The number of hydrogen-bond donors (Lipinski definition) is 0. The van der Waals surface area contributed by atoms with Crippen LogP contribution in [0.2, 0.25) is 0 Å². The molecule has 2 bridgehead atoms. The SMILES string of the molecule is CC(C)N1C2CCC1CN(C(=O)c1cccnc1-n1cccn1)CC2. The van der Waals surface area contributed by atoms with E-state index in [-0.39, 0.29) is 5.91 Å². The van der Waals surface area contributed by atoms with Gasteiger partial charge in [-0.3, -0.25) is 9.69 Å². The first-order valence-electron chi connectivity index (χ1n) is 9.17. The second kappa shape index (κ2) is 6.59. The van der Waals surface area contributed by atoms with Gasteiger partial charge < -0.3 is 4.90 Å². The fraction of sp³-hybridized carbons (Fsp3) is 0.526. The third-order valence-electron chi connectivity index (χ3n) is 5.46. The zero-order chi connectivity index (χ0) is 17.4. The topological polar surface area (TPSA) is 54.3 Å². The lowest BCUT2D eigenvalue weighted by atomic mass is 10.1. The molecule has 2 aromatic heterocycles. The lowest BCUT2D eigenvalue weighted by Gasteiger charge is -2.32. The Morgan fingerprint density at radius 2 is 2.00 bits per heavy atom. The Hall–Kier alpha value is -2.21. The first-order chi connectivity index (χ1) is 12.1. The van der Waals surface area contributed by atoms with Crippen molar-refractivity contribution in [3.05, 3.63) is 42.4 Å². The highest BCUT2D eigenvalue weighted by molar-refractivity contribution is 5.97. The second-order valence-electron chi connectivity index (χ2n) is 7.29. The van der Waals surface area contributed by atoms with E-state index in [1.54, 1.807) is 17.1 Å². The summed E-state index contributed by atoms with van der Waals surface area (Å²) in [7, 11) is 0. The molecule has 6 nitrogen and oxygen atoms in total. The van der Waals surface area contributed by atoms with Crippen LogP contribution in [0.3, 0.4) is 0 Å². The molecule has 25 heavy (non-hydrogen) atoms. The number of carbonyl (C=O) groups excluding carboxylic acids is 1. The Balaban J connectivity index is 1.60. The average molecular weight is 339 g/mol. The first-order valence-corrected chi connectivity index (χ1v) is 9.17. The Kier molecular flexibility index (Phi) is 4.29. The molecule has 0 spiro atoms. The van der Waals surface area contributed by atoms with Gasteiger partial charge in [-0.05, 0) is 51.3 Å². The van der Waals surface area contributed by atoms with Crippen molar-refractivity contribution in [2.75, 3.05) is 13.1 Å². The van der Waals surface area contributed by atoms with E-state index in [1.807, 2.05) is 29.3 Å². The molecule has 0 N–H and O–H groups in total. The van der Waals surface area contributed by atoms with E-state index in [1.165, 1.54) is 12.8 Å². The molecule has 2 saturated heterocycles. The highest BCUT2D eigenvalue weighted by atomic mass is 16.2. The number of carbonyl (C=O) groups is 1. The van der Waals surface area contributed by atoms with Crippen molar-refractivity contribution < 1.29 is 4.79 Å². The highest BCUT2D eigenvalue weighted by Gasteiger charge is 2.39. The van der Waals surface area contributed by atoms with Crippen molar-refractivity contribution in [3.63, 3.8) is 0 Å². The van der Waals surface area contributed by atoms with Gasteiger partial charge in [0.2, 0.25) is 0 Å². The predicted molar refractivity (Wildman–Crippen MR) is 95.7 cm³/mol. The molecule has 132 valence electrons. The van der Waals surface area contributed by atoms with Crippen LogP contribution in [-0.2, 0) is 0 Å². The zero-order valence-electron chi connectivity index (χ0n) is 14.9. The van der Waals surface area contributed by atoms with Crippen LogP contribution in [0.4, 0.5) is 0 Å². The van der Waals surface area contributed by atoms with E-state index >= 15 is 0 Å². The molecule has 0 aliphatic carbocycles. The van der Waals surface area contributed by atoms with Crippen LogP contribution in [0.5, 0.6) is 0 Å². The third kappa shape index (κ3) is 2.95. The fourth-order valence-electron chi connectivity index (χ4n) is 4.45. The van der Waals surface area contributed by atoms with E-state index in [0.29, 0.717) is 29.5 Å². The van der Waals surface area contributed by atoms with Gasteiger partial charge in [0, 0.05) is 49.8 Å². The molecular formula is C19H25N5O. The molecule has 2 aromatic rings. The number of hydrogen-bond acceptors (Lipinski definition) is 4. The van der Waals surface area contributed by atoms with Crippen molar-refractivity contribution in [1.29, 1.82) is 0 Å². The maximum absolute atomic E-state index is 13.2. The minimum atomic E-state index is 0.0647. The van der Waals surface area contributed by atoms with Crippen LogP contribution in [0.15, 0.2) is 36.8 Å². The summed E-state index contributed by atoms with van der Waals surface area (Å²) in [6.45, 7) is 6.15. The van der Waals surface area contributed by atoms with Crippen molar-refractivity contribution in [2.45, 2.75) is 51.2 Å². The normalized spacial score (nSPS) is 23.9. The molecule has 2 aliphatic rings. The van der Waals surface area contributed by atoms with E-state index in [4.69, 9.17) is 0 Å². The smallest absolute Gasteiger partial charge is 0.257 e. The average Bonchev–Trinajstić information content (AvgIpc) is 3.22. The van der Waals surface area contributed by atoms with Crippen LogP contribution in [0.1, 0.15) is 43.5 Å². The molecule has 6 heteroatoms. The van der Waals surface area contributed by atoms with Crippen LogP contribution < -0.4 is 0 Å². The highest BCUT2D eigenvalue weighted by Crippen LogP contribution is 2.32. The van der Waals surface area contributed by atoms with Crippen LogP contribution in [0, 0.1) is 0 Å². The molecule has 4 heterocycles. The summed E-state index contributed by atoms with van der Waals surface area (Å²) >= 11 is 0. The quantitative estimate of drug-likeness (QED) is 0.861. The Bertz CT molecular complexity index is 742. The largest absolute Gasteiger partial charge is 0.337 e. The van der Waals surface area contributed by atoms with E-state index in [2.05, 4.69) is 28.8 Å². The maximum Gasteiger partial charge on any atom is 0.257 e. The standard InChI is InChI=1S/C19H25N5O/c1-14(2)24-15-6-7-16(24)13-22(12-8-15)19(25)17-5-3-9-20-18(17)23-11-4-10-21-23/h3-5,9-11,14-16H,6-8,12-13H2,1-2H3.